The van der Waals surface area contributed by atoms with Gasteiger partial charge >= 0.3 is 0 Å². The van der Waals surface area contributed by atoms with Crippen molar-refractivity contribution in [1.82, 2.24) is 4.98 Å². The van der Waals surface area contributed by atoms with E-state index in [2.05, 4.69) is 15.6 Å². The Morgan fingerprint density at radius 2 is 1.73 bits per heavy atom. The molecule has 3 aromatic rings. The van der Waals surface area contributed by atoms with Crippen LogP contribution in [0.3, 0.4) is 0 Å². The second-order valence-corrected chi connectivity index (χ2v) is 6.11. The van der Waals surface area contributed by atoms with Gasteiger partial charge in [0.1, 0.15) is 17.3 Å². The maximum absolute atomic E-state index is 13.7. The van der Waals surface area contributed by atoms with E-state index in [0.717, 1.165) is 12.1 Å². The topological polar surface area (TPSA) is 54.0 Å². The number of carbonyl (C=O) groups is 1. The van der Waals surface area contributed by atoms with Gasteiger partial charge in [-0.15, -0.1) is 0 Å². The Morgan fingerprint density at radius 1 is 1.00 bits per heavy atom. The van der Waals surface area contributed by atoms with Gasteiger partial charge in [-0.25, -0.2) is 8.78 Å². The van der Waals surface area contributed by atoms with Crippen LogP contribution in [0.4, 0.5) is 25.8 Å². The molecule has 1 aromatic heterocycles. The van der Waals surface area contributed by atoms with Gasteiger partial charge in [-0.05, 0) is 36.4 Å². The van der Waals surface area contributed by atoms with Crippen molar-refractivity contribution < 1.29 is 13.6 Å². The van der Waals surface area contributed by atoms with E-state index in [1.807, 2.05) is 0 Å². The first-order valence-corrected chi connectivity index (χ1v) is 8.12. The van der Waals surface area contributed by atoms with Gasteiger partial charge in [0.2, 0.25) is 0 Å². The molecule has 1 amide bonds. The fraction of sp³-hybridized carbons (Fsp3) is 0. The Morgan fingerprint density at radius 3 is 2.46 bits per heavy atom. The second kappa shape index (κ2) is 7.68. The molecular weight excluding hydrogens is 383 g/mol. The van der Waals surface area contributed by atoms with Crippen LogP contribution < -0.4 is 10.6 Å². The highest BCUT2D eigenvalue weighted by atomic mass is 35.5. The number of aromatic nitrogens is 1. The van der Waals surface area contributed by atoms with E-state index in [1.54, 1.807) is 12.1 Å². The summed E-state index contributed by atoms with van der Waals surface area (Å²) in [6, 6.07) is 9.56. The van der Waals surface area contributed by atoms with Crippen molar-refractivity contribution in [2.75, 3.05) is 10.6 Å². The standard InChI is InChI=1S/C18H11Cl2F2N3O/c19-11-4-5-13(20)16(7-11)25-18(26)10-6-12(9-23-8-10)24-17-14(21)2-1-3-15(17)22/h1-9,24H,(H,25,26). The number of rotatable bonds is 4. The minimum atomic E-state index is -0.759. The van der Waals surface area contributed by atoms with Gasteiger partial charge in [-0.2, -0.15) is 0 Å². The number of pyridine rings is 1. The average molecular weight is 394 g/mol. The zero-order valence-corrected chi connectivity index (χ0v) is 14.6. The molecule has 0 saturated carbocycles. The van der Waals surface area contributed by atoms with Crippen LogP contribution in [0.15, 0.2) is 54.9 Å². The second-order valence-electron chi connectivity index (χ2n) is 5.26. The first-order chi connectivity index (χ1) is 12.4. The monoisotopic (exact) mass is 393 g/mol. The molecule has 2 aromatic carbocycles. The summed E-state index contributed by atoms with van der Waals surface area (Å²) in [6.45, 7) is 0. The van der Waals surface area contributed by atoms with Crippen molar-refractivity contribution in [3.8, 4) is 0 Å². The van der Waals surface area contributed by atoms with Crippen molar-refractivity contribution >= 4 is 46.2 Å². The first kappa shape index (κ1) is 18.1. The molecule has 0 saturated heterocycles. The SMILES string of the molecule is O=C(Nc1cc(Cl)ccc1Cl)c1cncc(Nc2c(F)cccc2F)c1. The van der Waals surface area contributed by atoms with Gasteiger partial charge in [-0.1, -0.05) is 29.3 Å². The molecule has 26 heavy (non-hydrogen) atoms. The third kappa shape index (κ3) is 4.09. The maximum Gasteiger partial charge on any atom is 0.257 e. The number of hydrogen-bond donors (Lipinski definition) is 2. The highest BCUT2D eigenvalue weighted by Crippen LogP contribution is 2.27. The van der Waals surface area contributed by atoms with Gasteiger partial charge in [0.15, 0.2) is 0 Å². The molecule has 0 bridgehead atoms. The summed E-state index contributed by atoms with van der Waals surface area (Å²) < 4.78 is 27.5. The largest absolute Gasteiger partial charge is 0.349 e. The Balaban J connectivity index is 1.83. The van der Waals surface area contributed by atoms with Crippen molar-refractivity contribution in [3.63, 3.8) is 0 Å². The highest BCUT2D eigenvalue weighted by Gasteiger charge is 2.12. The average Bonchev–Trinajstić information content (AvgIpc) is 2.62. The van der Waals surface area contributed by atoms with E-state index in [0.29, 0.717) is 15.7 Å². The number of nitrogens with zero attached hydrogens (tertiary/aromatic N) is 1. The summed E-state index contributed by atoms with van der Waals surface area (Å²) in [4.78, 5) is 16.3. The van der Waals surface area contributed by atoms with Crippen molar-refractivity contribution in [3.05, 3.63) is 82.1 Å². The molecule has 8 heteroatoms. The first-order valence-electron chi connectivity index (χ1n) is 7.36. The Kier molecular flexibility index (Phi) is 5.35. The highest BCUT2D eigenvalue weighted by molar-refractivity contribution is 6.35. The quantitative estimate of drug-likeness (QED) is 0.600. The van der Waals surface area contributed by atoms with Crippen LogP contribution in [0.25, 0.3) is 0 Å². The number of anilines is 3. The van der Waals surface area contributed by atoms with Crippen LogP contribution in [-0.2, 0) is 0 Å². The van der Waals surface area contributed by atoms with E-state index >= 15 is 0 Å². The van der Waals surface area contributed by atoms with E-state index in [1.165, 1.54) is 30.6 Å². The molecule has 0 aliphatic heterocycles. The lowest BCUT2D eigenvalue weighted by atomic mass is 10.2. The summed E-state index contributed by atoms with van der Waals surface area (Å²) in [5, 5.41) is 5.92. The van der Waals surface area contributed by atoms with Crippen molar-refractivity contribution in [2.45, 2.75) is 0 Å². The molecule has 0 unspecified atom stereocenters. The lowest BCUT2D eigenvalue weighted by molar-refractivity contribution is 0.102. The summed E-state index contributed by atoms with van der Waals surface area (Å²) in [5.74, 6) is -2.02. The van der Waals surface area contributed by atoms with Gasteiger partial charge in [0.25, 0.3) is 5.91 Å². The predicted octanol–water partition coefficient (Wildman–Crippen LogP) is 5.66. The molecule has 4 nitrogen and oxygen atoms in total. The third-order valence-electron chi connectivity index (χ3n) is 3.41. The molecule has 0 aliphatic rings. The number of halogens is 4. The minimum Gasteiger partial charge on any atom is -0.349 e. The summed E-state index contributed by atoms with van der Waals surface area (Å²) >= 11 is 11.9. The number of hydrogen-bond acceptors (Lipinski definition) is 3. The van der Waals surface area contributed by atoms with Gasteiger partial charge in [0.05, 0.1) is 28.2 Å². The number of benzene rings is 2. The van der Waals surface area contributed by atoms with Crippen LogP contribution in [0.2, 0.25) is 10.0 Å². The Bertz CT molecular complexity index is 962. The predicted molar refractivity (Wildman–Crippen MR) is 98.3 cm³/mol. The van der Waals surface area contributed by atoms with E-state index in [4.69, 9.17) is 23.2 Å². The lowest BCUT2D eigenvalue weighted by Crippen LogP contribution is -2.13. The maximum atomic E-state index is 13.7. The van der Waals surface area contributed by atoms with Crippen LogP contribution in [0.1, 0.15) is 10.4 Å². The molecule has 3 rings (SSSR count). The molecule has 0 atom stereocenters. The molecule has 0 radical (unpaired) electrons. The molecule has 132 valence electrons. The molecule has 1 heterocycles. The fourth-order valence-electron chi connectivity index (χ4n) is 2.18. The molecule has 0 aliphatic carbocycles. The number of para-hydroxylation sites is 1. The van der Waals surface area contributed by atoms with Crippen LogP contribution in [-0.4, -0.2) is 10.9 Å². The van der Waals surface area contributed by atoms with Crippen LogP contribution in [0.5, 0.6) is 0 Å². The fourth-order valence-corrected chi connectivity index (χ4v) is 2.52. The van der Waals surface area contributed by atoms with Crippen molar-refractivity contribution in [2.24, 2.45) is 0 Å². The third-order valence-corrected chi connectivity index (χ3v) is 3.97. The van der Waals surface area contributed by atoms with Crippen molar-refractivity contribution in [1.29, 1.82) is 0 Å². The number of nitrogens with one attached hydrogen (secondary N) is 2. The molecule has 2 N–H and O–H groups in total. The molecule has 0 spiro atoms. The van der Waals surface area contributed by atoms with Crippen LogP contribution >= 0.6 is 23.2 Å². The number of amides is 1. The summed E-state index contributed by atoms with van der Waals surface area (Å²) in [5.41, 5.74) is 0.425. The lowest BCUT2D eigenvalue weighted by Gasteiger charge is -2.11. The van der Waals surface area contributed by atoms with E-state index < -0.39 is 17.5 Å². The van der Waals surface area contributed by atoms with Gasteiger partial charge < -0.3 is 10.6 Å². The molecular formula is C18H11Cl2F2N3O. The normalized spacial score (nSPS) is 10.5. The zero-order chi connectivity index (χ0) is 18.7. The Hall–Kier alpha value is -2.70. The van der Waals surface area contributed by atoms with E-state index in [9.17, 15) is 13.6 Å². The van der Waals surface area contributed by atoms with Gasteiger partial charge in [0, 0.05) is 11.2 Å². The smallest absolute Gasteiger partial charge is 0.257 e. The Labute approximate surface area is 157 Å². The molecule has 0 fully saturated rings. The van der Waals surface area contributed by atoms with Crippen LogP contribution in [0, 0.1) is 11.6 Å². The number of carbonyl (C=O) groups excluding carboxylic acids is 1. The minimum absolute atomic E-state index is 0.169. The summed E-state index contributed by atoms with van der Waals surface area (Å²) in [6.07, 6.45) is 2.66. The van der Waals surface area contributed by atoms with Gasteiger partial charge in [-0.3, -0.25) is 9.78 Å². The van der Waals surface area contributed by atoms with E-state index in [-0.39, 0.29) is 16.9 Å². The zero-order valence-electron chi connectivity index (χ0n) is 13.1. The summed E-state index contributed by atoms with van der Waals surface area (Å²) in [7, 11) is 0.